The van der Waals surface area contributed by atoms with Crippen LogP contribution >= 0.6 is 0 Å². The number of benzene rings is 1. The van der Waals surface area contributed by atoms with E-state index in [2.05, 4.69) is 0 Å². The molecule has 110 valence electrons. The van der Waals surface area contributed by atoms with Crippen LogP contribution in [0.1, 0.15) is 42.1 Å². The summed E-state index contributed by atoms with van der Waals surface area (Å²) in [5, 5.41) is 0. The van der Waals surface area contributed by atoms with Crippen LogP contribution in [0.3, 0.4) is 0 Å². The Morgan fingerprint density at radius 3 is 2.90 bits per heavy atom. The number of aryl methyl sites for hydroxylation is 1. The van der Waals surface area contributed by atoms with Crippen molar-refractivity contribution in [1.29, 1.82) is 0 Å². The summed E-state index contributed by atoms with van der Waals surface area (Å²) in [6.45, 7) is 5.58. The summed E-state index contributed by atoms with van der Waals surface area (Å²) in [6.07, 6.45) is 3.26. The Bertz CT molecular complexity index is 450. The fourth-order valence-electron chi connectivity index (χ4n) is 2.28. The predicted molar refractivity (Wildman–Crippen MR) is 76.2 cm³/mol. The highest BCUT2D eigenvalue weighted by Gasteiger charge is 2.17. The summed E-state index contributed by atoms with van der Waals surface area (Å²) in [5.41, 5.74) is 1.50. The average molecular weight is 278 g/mol. The first kappa shape index (κ1) is 14.9. The molecule has 2 rings (SSSR count). The van der Waals surface area contributed by atoms with Gasteiger partial charge in [-0.1, -0.05) is 0 Å². The molecule has 0 saturated carbocycles. The molecule has 20 heavy (non-hydrogen) atoms. The maximum atomic E-state index is 12.0. The van der Waals surface area contributed by atoms with Gasteiger partial charge in [0, 0.05) is 6.61 Å². The lowest BCUT2D eigenvalue weighted by molar-refractivity contribution is -0.0300. The smallest absolute Gasteiger partial charge is 0.338 e. The van der Waals surface area contributed by atoms with Gasteiger partial charge in [-0.3, -0.25) is 0 Å². The highest BCUT2D eigenvalue weighted by Crippen LogP contribution is 2.20. The summed E-state index contributed by atoms with van der Waals surface area (Å²) in [7, 11) is 0. The first-order valence-electron chi connectivity index (χ1n) is 7.23. The van der Waals surface area contributed by atoms with Gasteiger partial charge >= 0.3 is 5.97 Å². The zero-order valence-corrected chi connectivity index (χ0v) is 12.2. The van der Waals surface area contributed by atoms with Crippen molar-refractivity contribution in [3.05, 3.63) is 29.3 Å². The predicted octanol–water partition coefficient (Wildman–Crippen LogP) is 3.12. The first-order valence-corrected chi connectivity index (χ1v) is 7.23. The fourth-order valence-corrected chi connectivity index (χ4v) is 2.28. The van der Waals surface area contributed by atoms with Crippen molar-refractivity contribution < 1.29 is 19.0 Å². The molecule has 1 aromatic carbocycles. The zero-order valence-electron chi connectivity index (χ0n) is 12.2. The molecule has 1 fully saturated rings. The fraction of sp³-hybridized carbons (Fsp3) is 0.562. The summed E-state index contributed by atoms with van der Waals surface area (Å²) in [4.78, 5) is 12.0. The number of esters is 1. The van der Waals surface area contributed by atoms with Gasteiger partial charge in [0.25, 0.3) is 0 Å². The molecular formula is C16H22O4. The van der Waals surface area contributed by atoms with Gasteiger partial charge in [-0.05, 0) is 56.9 Å². The molecule has 1 aliphatic rings. The molecule has 1 unspecified atom stereocenters. The monoisotopic (exact) mass is 278 g/mol. The van der Waals surface area contributed by atoms with E-state index >= 15 is 0 Å². The molecular weight excluding hydrogens is 256 g/mol. The van der Waals surface area contributed by atoms with Gasteiger partial charge in [-0.2, -0.15) is 0 Å². The minimum Gasteiger partial charge on any atom is -0.494 e. The van der Waals surface area contributed by atoms with Crippen LogP contribution in [0, 0.1) is 6.92 Å². The normalized spacial score (nSPS) is 18.6. The Kier molecular flexibility index (Phi) is 5.41. The summed E-state index contributed by atoms with van der Waals surface area (Å²) in [5.74, 6) is 0.505. The SMILES string of the molecule is CCOc1ccc(C(=O)OCC2CCCCO2)cc1C. The van der Waals surface area contributed by atoms with Gasteiger partial charge in [0.05, 0.1) is 18.3 Å². The molecule has 0 amide bonds. The van der Waals surface area contributed by atoms with Crippen molar-refractivity contribution >= 4 is 5.97 Å². The number of carbonyl (C=O) groups excluding carboxylic acids is 1. The van der Waals surface area contributed by atoms with E-state index in [1.807, 2.05) is 19.9 Å². The molecule has 1 saturated heterocycles. The summed E-state index contributed by atoms with van der Waals surface area (Å²) < 4.78 is 16.3. The second kappa shape index (κ2) is 7.29. The first-order chi connectivity index (χ1) is 9.70. The molecule has 1 heterocycles. The number of carbonyl (C=O) groups is 1. The molecule has 0 aliphatic carbocycles. The highest BCUT2D eigenvalue weighted by molar-refractivity contribution is 5.89. The third kappa shape index (κ3) is 3.97. The van der Waals surface area contributed by atoms with Crippen LogP contribution in [0.15, 0.2) is 18.2 Å². The van der Waals surface area contributed by atoms with E-state index in [1.165, 1.54) is 0 Å². The minimum absolute atomic E-state index is 0.0523. The van der Waals surface area contributed by atoms with Gasteiger partial charge in [0.15, 0.2) is 0 Å². The quantitative estimate of drug-likeness (QED) is 0.776. The van der Waals surface area contributed by atoms with Crippen molar-refractivity contribution in [3.8, 4) is 5.75 Å². The lowest BCUT2D eigenvalue weighted by atomic mass is 10.1. The van der Waals surface area contributed by atoms with Crippen LogP contribution in [0.2, 0.25) is 0 Å². The molecule has 0 N–H and O–H groups in total. The van der Waals surface area contributed by atoms with Gasteiger partial charge in [-0.15, -0.1) is 0 Å². The second-order valence-electron chi connectivity index (χ2n) is 5.00. The Hall–Kier alpha value is -1.55. The largest absolute Gasteiger partial charge is 0.494 e. The van der Waals surface area contributed by atoms with Gasteiger partial charge in [0.1, 0.15) is 12.4 Å². The Morgan fingerprint density at radius 2 is 2.25 bits per heavy atom. The van der Waals surface area contributed by atoms with Crippen molar-refractivity contribution in [2.24, 2.45) is 0 Å². The lowest BCUT2D eigenvalue weighted by Gasteiger charge is -2.22. The van der Waals surface area contributed by atoms with Gasteiger partial charge < -0.3 is 14.2 Å². The molecule has 0 radical (unpaired) electrons. The molecule has 1 aliphatic heterocycles. The van der Waals surface area contributed by atoms with E-state index in [1.54, 1.807) is 12.1 Å². The van der Waals surface area contributed by atoms with Crippen molar-refractivity contribution in [2.45, 2.75) is 39.2 Å². The Labute approximate surface area is 120 Å². The summed E-state index contributed by atoms with van der Waals surface area (Å²) in [6, 6.07) is 5.35. The molecule has 1 atom stereocenters. The van der Waals surface area contributed by atoms with Crippen molar-refractivity contribution in [3.63, 3.8) is 0 Å². The number of hydrogen-bond donors (Lipinski definition) is 0. The zero-order chi connectivity index (χ0) is 14.4. The molecule has 0 aromatic heterocycles. The Balaban J connectivity index is 1.89. The minimum atomic E-state index is -0.301. The van der Waals surface area contributed by atoms with Crippen LogP contribution in [-0.4, -0.2) is 31.9 Å². The van der Waals surface area contributed by atoms with Gasteiger partial charge in [0.2, 0.25) is 0 Å². The van der Waals surface area contributed by atoms with E-state index in [0.717, 1.165) is 37.2 Å². The topological polar surface area (TPSA) is 44.8 Å². The molecule has 4 heteroatoms. The second-order valence-corrected chi connectivity index (χ2v) is 5.00. The third-order valence-corrected chi connectivity index (χ3v) is 3.38. The van der Waals surface area contributed by atoms with E-state index in [9.17, 15) is 4.79 Å². The average Bonchev–Trinajstić information content (AvgIpc) is 2.48. The van der Waals surface area contributed by atoms with Crippen molar-refractivity contribution in [1.82, 2.24) is 0 Å². The molecule has 0 spiro atoms. The van der Waals surface area contributed by atoms with E-state index in [0.29, 0.717) is 18.8 Å². The summed E-state index contributed by atoms with van der Waals surface area (Å²) >= 11 is 0. The van der Waals surface area contributed by atoms with E-state index in [4.69, 9.17) is 14.2 Å². The molecule has 1 aromatic rings. The van der Waals surface area contributed by atoms with Crippen LogP contribution in [0.4, 0.5) is 0 Å². The lowest BCUT2D eigenvalue weighted by Crippen LogP contribution is -2.25. The van der Waals surface area contributed by atoms with E-state index in [-0.39, 0.29) is 12.1 Å². The Morgan fingerprint density at radius 1 is 1.40 bits per heavy atom. The number of hydrogen-bond acceptors (Lipinski definition) is 4. The van der Waals surface area contributed by atoms with Gasteiger partial charge in [-0.25, -0.2) is 4.79 Å². The third-order valence-electron chi connectivity index (χ3n) is 3.38. The van der Waals surface area contributed by atoms with E-state index < -0.39 is 0 Å². The number of ether oxygens (including phenoxy) is 3. The molecule has 0 bridgehead atoms. The highest BCUT2D eigenvalue weighted by atomic mass is 16.6. The molecule has 4 nitrogen and oxygen atoms in total. The van der Waals surface area contributed by atoms with Crippen LogP contribution in [-0.2, 0) is 9.47 Å². The maximum Gasteiger partial charge on any atom is 0.338 e. The van der Waals surface area contributed by atoms with Crippen LogP contribution < -0.4 is 4.74 Å². The van der Waals surface area contributed by atoms with Crippen LogP contribution in [0.25, 0.3) is 0 Å². The standard InChI is InChI=1S/C16H22O4/c1-3-18-15-8-7-13(10-12(15)2)16(17)20-11-14-6-4-5-9-19-14/h7-8,10,14H,3-6,9,11H2,1-2H3. The maximum absolute atomic E-state index is 12.0. The number of rotatable bonds is 5. The van der Waals surface area contributed by atoms with Crippen LogP contribution in [0.5, 0.6) is 5.75 Å². The van der Waals surface area contributed by atoms with Crippen molar-refractivity contribution in [2.75, 3.05) is 19.8 Å².